The highest BCUT2D eigenvalue weighted by Gasteiger charge is 2.26. The minimum atomic E-state index is -0.492. The van der Waals surface area contributed by atoms with Gasteiger partial charge in [-0.05, 0) is 61.4 Å². The number of hydrogen-bond acceptors (Lipinski definition) is 4. The van der Waals surface area contributed by atoms with Crippen LogP contribution in [-0.4, -0.2) is 41.8 Å². The molecule has 0 saturated carbocycles. The van der Waals surface area contributed by atoms with Crippen molar-refractivity contribution in [3.63, 3.8) is 0 Å². The molecule has 1 aliphatic rings. The number of nitrogens with two attached hydrogens (primary N) is 1. The Morgan fingerprint density at radius 1 is 1.00 bits per heavy atom. The lowest BCUT2D eigenvalue weighted by Gasteiger charge is -2.33. The smallest absolute Gasteiger partial charge is 0.253 e. The molecule has 2 aromatic rings. The van der Waals surface area contributed by atoms with E-state index in [1.165, 1.54) is 0 Å². The van der Waals surface area contributed by atoms with E-state index in [1.54, 1.807) is 53.4 Å². The lowest BCUT2D eigenvalue weighted by Crippen LogP contribution is -2.50. The fraction of sp³-hybridized carbons (Fsp3) is 0.348. The van der Waals surface area contributed by atoms with Gasteiger partial charge >= 0.3 is 0 Å². The molecule has 2 aromatic carbocycles. The zero-order valence-electron chi connectivity index (χ0n) is 17.3. The van der Waals surface area contributed by atoms with Crippen LogP contribution in [-0.2, 0) is 4.79 Å². The summed E-state index contributed by atoms with van der Waals surface area (Å²) in [6.45, 7) is 4.91. The molecule has 0 spiro atoms. The molecule has 1 fully saturated rings. The number of nitrogens with one attached hydrogen (secondary N) is 1. The maximum Gasteiger partial charge on any atom is 0.253 e. The van der Waals surface area contributed by atoms with Crippen molar-refractivity contribution in [2.24, 2.45) is 11.7 Å². The molecule has 1 unspecified atom stereocenters. The van der Waals surface area contributed by atoms with E-state index in [1.807, 2.05) is 13.8 Å². The van der Waals surface area contributed by atoms with E-state index in [4.69, 9.17) is 10.5 Å². The molecular formula is C23H27N3O4. The van der Waals surface area contributed by atoms with Gasteiger partial charge in [-0.25, -0.2) is 0 Å². The third-order valence-electron chi connectivity index (χ3n) is 5.06. The molecule has 3 amide bonds. The number of hydrogen-bond donors (Lipinski definition) is 2. The summed E-state index contributed by atoms with van der Waals surface area (Å²) < 4.78 is 5.75. The number of nitrogens with zero attached hydrogens (tertiary/aromatic N) is 1. The summed E-state index contributed by atoms with van der Waals surface area (Å²) in [5.74, 6) is 0.539. The van der Waals surface area contributed by atoms with Crippen molar-refractivity contribution < 1.29 is 19.1 Å². The highest BCUT2D eigenvalue weighted by atomic mass is 16.5. The molecule has 0 aliphatic carbocycles. The molecule has 3 N–H and O–H groups in total. The Kier molecular flexibility index (Phi) is 6.72. The number of carbonyl (C=O) groups is 3. The number of primary amides is 1. The lowest BCUT2D eigenvalue weighted by molar-refractivity contribution is -0.125. The van der Waals surface area contributed by atoms with Gasteiger partial charge in [-0.15, -0.1) is 0 Å². The monoisotopic (exact) mass is 409 g/mol. The number of carbonyl (C=O) groups excluding carboxylic acids is 3. The number of rotatable bonds is 6. The van der Waals surface area contributed by atoms with Crippen LogP contribution in [0.5, 0.6) is 11.5 Å². The predicted octanol–water partition coefficient (Wildman–Crippen LogP) is 2.95. The fourth-order valence-electron chi connectivity index (χ4n) is 3.32. The molecule has 3 rings (SSSR count). The average Bonchev–Trinajstić information content (AvgIpc) is 2.74. The van der Waals surface area contributed by atoms with Crippen molar-refractivity contribution in [3.05, 3.63) is 59.7 Å². The Hall–Kier alpha value is -3.35. The van der Waals surface area contributed by atoms with E-state index in [2.05, 4.69) is 5.32 Å². The Bertz CT molecular complexity index is 907. The van der Waals surface area contributed by atoms with E-state index < -0.39 is 5.91 Å². The molecule has 158 valence electrons. The van der Waals surface area contributed by atoms with Crippen LogP contribution in [0.25, 0.3) is 0 Å². The van der Waals surface area contributed by atoms with Gasteiger partial charge in [0.1, 0.15) is 11.5 Å². The van der Waals surface area contributed by atoms with Gasteiger partial charge in [-0.2, -0.15) is 0 Å². The number of benzene rings is 2. The Morgan fingerprint density at radius 3 is 2.10 bits per heavy atom. The van der Waals surface area contributed by atoms with Gasteiger partial charge in [0.05, 0.1) is 0 Å². The molecule has 7 nitrogen and oxygen atoms in total. The van der Waals surface area contributed by atoms with E-state index >= 15 is 0 Å². The Balaban J connectivity index is 1.60. The second-order valence-corrected chi connectivity index (χ2v) is 7.77. The summed E-state index contributed by atoms with van der Waals surface area (Å²) in [6.07, 6.45) is 1.74. The maximum absolute atomic E-state index is 12.9. The number of ether oxygens (including phenoxy) is 1. The highest BCUT2D eigenvalue weighted by Crippen LogP contribution is 2.23. The van der Waals surface area contributed by atoms with Gasteiger partial charge < -0.3 is 20.7 Å². The van der Waals surface area contributed by atoms with Crippen molar-refractivity contribution in [1.29, 1.82) is 0 Å². The third kappa shape index (κ3) is 5.37. The van der Waals surface area contributed by atoms with Crippen molar-refractivity contribution in [3.8, 4) is 11.5 Å². The first-order chi connectivity index (χ1) is 14.3. The molecule has 1 saturated heterocycles. The first-order valence-corrected chi connectivity index (χ1v) is 10.1. The van der Waals surface area contributed by atoms with Crippen LogP contribution in [0.3, 0.4) is 0 Å². The average molecular weight is 409 g/mol. The zero-order valence-corrected chi connectivity index (χ0v) is 17.3. The number of likely N-dealkylation sites (tertiary alicyclic amines) is 1. The molecule has 0 aromatic heterocycles. The molecule has 1 atom stereocenters. The van der Waals surface area contributed by atoms with Crippen LogP contribution in [0.2, 0.25) is 0 Å². The van der Waals surface area contributed by atoms with Crippen LogP contribution in [0.15, 0.2) is 48.5 Å². The minimum absolute atomic E-state index is 0.0106. The summed E-state index contributed by atoms with van der Waals surface area (Å²) in [5, 5.41) is 3.02. The normalized spacial score (nSPS) is 16.2. The molecule has 1 aliphatic heterocycles. The molecule has 30 heavy (non-hydrogen) atoms. The van der Waals surface area contributed by atoms with Gasteiger partial charge in [-0.1, -0.05) is 13.8 Å². The van der Waals surface area contributed by atoms with Gasteiger partial charge in [-0.3, -0.25) is 14.4 Å². The van der Waals surface area contributed by atoms with Crippen molar-refractivity contribution >= 4 is 17.7 Å². The number of piperidine rings is 1. The summed E-state index contributed by atoms with van der Waals surface area (Å²) >= 11 is 0. The second kappa shape index (κ2) is 9.43. The van der Waals surface area contributed by atoms with Gasteiger partial charge in [0, 0.05) is 36.2 Å². The first kappa shape index (κ1) is 21.4. The van der Waals surface area contributed by atoms with E-state index in [-0.39, 0.29) is 23.8 Å². The minimum Gasteiger partial charge on any atom is -0.457 e. The van der Waals surface area contributed by atoms with Crippen LogP contribution < -0.4 is 15.8 Å². The summed E-state index contributed by atoms with van der Waals surface area (Å²) in [6, 6.07) is 13.4. The van der Waals surface area contributed by atoms with Crippen molar-refractivity contribution in [1.82, 2.24) is 10.2 Å². The van der Waals surface area contributed by atoms with Gasteiger partial charge in [0.15, 0.2) is 0 Å². The van der Waals surface area contributed by atoms with Crippen molar-refractivity contribution in [2.45, 2.75) is 32.7 Å². The second-order valence-electron chi connectivity index (χ2n) is 7.77. The third-order valence-corrected chi connectivity index (χ3v) is 5.06. The number of amides is 3. The molecule has 7 heteroatoms. The first-order valence-electron chi connectivity index (χ1n) is 10.1. The largest absolute Gasteiger partial charge is 0.457 e. The van der Waals surface area contributed by atoms with Crippen LogP contribution >= 0.6 is 0 Å². The van der Waals surface area contributed by atoms with E-state index in [0.29, 0.717) is 35.7 Å². The van der Waals surface area contributed by atoms with Crippen LogP contribution in [0.1, 0.15) is 47.4 Å². The summed E-state index contributed by atoms with van der Waals surface area (Å²) in [7, 11) is 0. The SMILES string of the molecule is CC(C)C(=O)NC1CCCN(C(=O)c2ccc(Oc3ccc(C(N)=O)cc3)cc2)C1. The zero-order chi connectivity index (χ0) is 21.7. The van der Waals surface area contributed by atoms with Gasteiger partial charge in [0.2, 0.25) is 11.8 Å². The highest BCUT2D eigenvalue weighted by molar-refractivity contribution is 5.94. The molecule has 0 bridgehead atoms. The van der Waals surface area contributed by atoms with Gasteiger partial charge in [0.25, 0.3) is 5.91 Å². The quantitative estimate of drug-likeness (QED) is 0.766. The summed E-state index contributed by atoms with van der Waals surface area (Å²) in [5.41, 5.74) is 6.21. The fourth-order valence-corrected chi connectivity index (χ4v) is 3.32. The topological polar surface area (TPSA) is 102 Å². The van der Waals surface area contributed by atoms with Crippen molar-refractivity contribution in [2.75, 3.05) is 13.1 Å². The molecular weight excluding hydrogens is 382 g/mol. The summed E-state index contributed by atoms with van der Waals surface area (Å²) in [4.78, 5) is 37.7. The van der Waals surface area contributed by atoms with Crippen LogP contribution in [0.4, 0.5) is 0 Å². The molecule has 1 heterocycles. The van der Waals surface area contributed by atoms with Crippen LogP contribution in [0, 0.1) is 5.92 Å². The molecule has 0 radical (unpaired) electrons. The van der Waals surface area contributed by atoms with E-state index in [9.17, 15) is 14.4 Å². The standard InChI is InChI=1S/C23H27N3O4/c1-15(2)22(28)25-18-4-3-13-26(14-18)23(29)17-7-11-20(12-8-17)30-19-9-5-16(6-10-19)21(24)27/h5-12,15,18H,3-4,13-14H2,1-2H3,(H2,24,27)(H,25,28). The Morgan fingerprint density at radius 2 is 1.57 bits per heavy atom. The predicted molar refractivity (Wildman–Crippen MR) is 113 cm³/mol. The Labute approximate surface area is 176 Å². The lowest BCUT2D eigenvalue weighted by atomic mass is 10.0. The maximum atomic E-state index is 12.9. The van der Waals surface area contributed by atoms with E-state index in [0.717, 1.165) is 12.8 Å².